The summed E-state index contributed by atoms with van der Waals surface area (Å²) >= 11 is 0. The van der Waals surface area contributed by atoms with Crippen LogP contribution in [-0.4, -0.2) is 33.9 Å². The van der Waals surface area contributed by atoms with Crippen LogP contribution in [0, 0.1) is 17.5 Å². The fourth-order valence-electron chi connectivity index (χ4n) is 4.21. The number of amides is 2. The number of carbonyl (C=O) groups is 2. The van der Waals surface area contributed by atoms with Crippen molar-refractivity contribution in [3.8, 4) is 0 Å². The zero-order valence-electron chi connectivity index (χ0n) is 15.5. The number of halogens is 3. The van der Waals surface area contributed by atoms with Crippen LogP contribution in [0.25, 0.3) is 0 Å². The largest absolute Gasteiger partial charge is 0.510 e. The van der Waals surface area contributed by atoms with Crippen molar-refractivity contribution in [1.82, 2.24) is 15.5 Å². The van der Waals surface area contributed by atoms with E-state index in [1.807, 2.05) is 0 Å². The number of carbonyl (C=O) groups excluding carboxylic acids is 2. The van der Waals surface area contributed by atoms with Gasteiger partial charge in [0.1, 0.15) is 28.9 Å². The Labute approximate surface area is 165 Å². The number of fused-ring (bicyclic) bond motifs is 3. The zero-order valence-corrected chi connectivity index (χ0v) is 15.5. The van der Waals surface area contributed by atoms with Crippen molar-refractivity contribution in [3.05, 3.63) is 58.4 Å². The number of aliphatic hydroxyl groups is 1. The Morgan fingerprint density at radius 2 is 1.90 bits per heavy atom. The number of benzene rings is 1. The molecule has 0 unspecified atom stereocenters. The molecule has 3 N–H and O–H groups in total. The van der Waals surface area contributed by atoms with E-state index in [2.05, 4.69) is 10.6 Å². The highest BCUT2D eigenvalue weighted by molar-refractivity contribution is 5.98. The zero-order chi connectivity index (χ0) is 20.7. The Hall–Kier alpha value is -2.97. The van der Waals surface area contributed by atoms with Gasteiger partial charge in [-0.1, -0.05) is 12.8 Å². The van der Waals surface area contributed by atoms with Gasteiger partial charge in [0, 0.05) is 48.5 Å². The number of piperazine rings is 1. The molecule has 2 atom stereocenters. The number of nitrogens with one attached hydrogen (secondary N) is 2. The lowest BCUT2D eigenvalue weighted by atomic mass is 9.85. The summed E-state index contributed by atoms with van der Waals surface area (Å²) in [6.45, 7) is -0.474. The lowest BCUT2D eigenvalue weighted by Gasteiger charge is -2.46. The quantitative estimate of drug-likeness (QED) is 0.719. The third-order valence-corrected chi connectivity index (χ3v) is 5.63. The van der Waals surface area contributed by atoms with E-state index in [9.17, 15) is 27.9 Å². The third kappa shape index (κ3) is 3.56. The topological polar surface area (TPSA) is 81.7 Å². The molecule has 1 aromatic carbocycles. The number of nitrogens with zero attached hydrogens (tertiary/aromatic N) is 1. The molecule has 3 aliphatic rings. The molecule has 0 spiro atoms. The Balaban J connectivity index is 1.53. The Bertz CT molecular complexity index is 921. The maximum Gasteiger partial charge on any atom is 0.271 e. The molecular formula is C20H20F3N3O3. The van der Waals surface area contributed by atoms with E-state index in [0.29, 0.717) is 12.1 Å². The van der Waals surface area contributed by atoms with Gasteiger partial charge < -0.3 is 20.6 Å². The first kappa shape index (κ1) is 19.4. The van der Waals surface area contributed by atoms with Gasteiger partial charge in [-0.2, -0.15) is 0 Å². The molecule has 9 heteroatoms. The van der Waals surface area contributed by atoms with Crippen molar-refractivity contribution in [3.63, 3.8) is 0 Å². The van der Waals surface area contributed by atoms with E-state index < -0.39 is 35.5 Å². The second kappa shape index (κ2) is 7.46. The van der Waals surface area contributed by atoms with Gasteiger partial charge in [-0.15, -0.1) is 0 Å². The molecule has 6 nitrogen and oxygen atoms in total. The minimum Gasteiger partial charge on any atom is -0.510 e. The first-order valence-electron chi connectivity index (χ1n) is 9.48. The summed E-state index contributed by atoms with van der Waals surface area (Å²) in [4.78, 5) is 26.6. The van der Waals surface area contributed by atoms with Crippen LogP contribution in [0.1, 0.15) is 37.7 Å². The second-order valence-electron chi connectivity index (χ2n) is 7.50. The number of hydrogen-bond acceptors (Lipinski definition) is 4. The monoisotopic (exact) mass is 407 g/mol. The number of aliphatic hydroxyl groups excluding tert-OH is 1. The molecule has 1 saturated carbocycles. The van der Waals surface area contributed by atoms with Crippen LogP contribution >= 0.6 is 0 Å². The molecule has 154 valence electrons. The predicted molar refractivity (Wildman–Crippen MR) is 96.5 cm³/mol. The van der Waals surface area contributed by atoms with Gasteiger partial charge in [-0.3, -0.25) is 9.59 Å². The average molecular weight is 407 g/mol. The lowest BCUT2D eigenvalue weighted by Crippen LogP contribution is -2.59. The van der Waals surface area contributed by atoms with E-state index in [0.717, 1.165) is 25.7 Å². The van der Waals surface area contributed by atoms with E-state index in [4.69, 9.17) is 0 Å². The maximum atomic E-state index is 13.8. The smallest absolute Gasteiger partial charge is 0.271 e. The van der Waals surface area contributed by atoms with Crippen molar-refractivity contribution >= 4 is 11.8 Å². The lowest BCUT2D eigenvalue weighted by molar-refractivity contribution is -0.124. The number of allylic oxidation sites excluding steroid dienone is 1. The van der Waals surface area contributed by atoms with Crippen LogP contribution < -0.4 is 10.6 Å². The van der Waals surface area contributed by atoms with Crippen LogP contribution in [0.2, 0.25) is 0 Å². The van der Waals surface area contributed by atoms with E-state index in [1.54, 1.807) is 4.90 Å². The molecule has 4 rings (SSSR count). The van der Waals surface area contributed by atoms with Crippen molar-refractivity contribution < 1.29 is 27.9 Å². The van der Waals surface area contributed by atoms with Crippen LogP contribution in [0.3, 0.4) is 0 Å². The summed E-state index contributed by atoms with van der Waals surface area (Å²) in [5.74, 6) is -4.46. The van der Waals surface area contributed by atoms with Crippen LogP contribution in [0.5, 0.6) is 0 Å². The first-order valence-corrected chi connectivity index (χ1v) is 9.48. The molecule has 0 radical (unpaired) electrons. The maximum absolute atomic E-state index is 13.8. The minimum absolute atomic E-state index is 0.0612. The van der Waals surface area contributed by atoms with Gasteiger partial charge in [0.05, 0.1) is 6.04 Å². The van der Waals surface area contributed by atoms with E-state index in [-0.39, 0.29) is 41.4 Å². The second-order valence-corrected chi connectivity index (χ2v) is 7.50. The first-order chi connectivity index (χ1) is 13.8. The summed E-state index contributed by atoms with van der Waals surface area (Å²) in [5, 5.41) is 15.7. The standard InChI is InChI=1S/C20H20F3N3O3/c21-11-6-13(22)12(14(23)7-11)8-24-19(28)10-5-17(27)18-20(29)25-15-3-1-2-4-16(15)26(18)9-10/h6-7,9,15-16,27H,1-5,8H2,(H,24,28)(H,25,29)/t15-,16+/m0/s1. The van der Waals surface area contributed by atoms with Gasteiger partial charge in [0.15, 0.2) is 0 Å². The fraction of sp³-hybridized carbons (Fsp3) is 0.400. The van der Waals surface area contributed by atoms with Gasteiger partial charge in [0.25, 0.3) is 5.91 Å². The molecule has 1 saturated heterocycles. The summed E-state index contributed by atoms with van der Waals surface area (Å²) in [5.41, 5.74) is -0.144. The highest BCUT2D eigenvalue weighted by Crippen LogP contribution is 2.35. The van der Waals surface area contributed by atoms with Crippen LogP contribution in [0.15, 0.2) is 35.4 Å². The number of rotatable bonds is 3. The van der Waals surface area contributed by atoms with Crippen molar-refractivity contribution in [2.24, 2.45) is 0 Å². The van der Waals surface area contributed by atoms with Crippen molar-refractivity contribution in [2.75, 3.05) is 0 Å². The molecule has 1 aliphatic carbocycles. The minimum atomic E-state index is -1.09. The van der Waals surface area contributed by atoms with Gasteiger partial charge in [-0.25, -0.2) is 13.2 Å². The number of hydrogen-bond donors (Lipinski definition) is 3. The third-order valence-electron chi connectivity index (χ3n) is 5.63. The molecule has 2 heterocycles. The summed E-state index contributed by atoms with van der Waals surface area (Å²) < 4.78 is 40.6. The van der Waals surface area contributed by atoms with Gasteiger partial charge in [-0.05, 0) is 12.8 Å². The Morgan fingerprint density at radius 1 is 1.21 bits per heavy atom. The molecule has 0 bridgehead atoms. The van der Waals surface area contributed by atoms with Crippen molar-refractivity contribution in [1.29, 1.82) is 0 Å². The predicted octanol–water partition coefficient (Wildman–Crippen LogP) is 2.52. The molecular weight excluding hydrogens is 387 g/mol. The highest BCUT2D eigenvalue weighted by atomic mass is 19.1. The molecule has 29 heavy (non-hydrogen) atoms. The average Bonchev–Trinajstić information content (AvgIpc) is 2.66. The Morgan fingerprint density at radius 3 is 2.62 bits per heavy atom. The molecule has 2 amide bonds. The van der Waals surface area contributed by atoms with Crippen LogP contribution in [0.4, 0.5) is 13.2 Å². The summed E-state index contributed by atoms with van der Waals surface area (Å²) in [6.07, 6.45) is 4.95. The fourth-order valence-corrected chi connectivity index (χ4v) is 4.21. The summed E-state index contributed by atoms with van der Waals surface area (Å²) in [7, 11) is 0. The SMILES string of the molecule is O=C(NCc1c(F)cc(F)cc1F)C1=CN2C(=C(O)C1)C(=O)N[C@H]1CCCC[C@H]12. The van der Waals surface area contributed by atoms with Crippen LogP contribution in [-0.2, 0) is 16.1 Å². The highest BCUT2D eigenvalue weighted by Gasteiger charge is 2.42. The van der Waals surface area contributed by atoms with Gasteiger partial charge >= 0.3 is 0 Å². The molecule has 2 fully saturated rings. The molecule has 2 aliphatic heterocycles. The van der Waals surface area contributed by atoms with E-state index in [1.165, 1.54) is 6.20 Å². The molecule has 1 aromatic rings. The van der Waals surface area contributed by atoms with Gasteiger partial charge in [0.2, 0.25) is 5.91 Å². The Kier molecular flexibility index (Phi) is 4.97. The summed E-state index contributed by atoms with van der Waals surface area (Å²) in [6, 6.07) is 0.962. The molecule has 0 aromatic heterocycles. The van der Waals surface area contributed by atoms with Crippen molar-refractivity contribution in [2.45, 2.75) is 50.7 Å². The normalized spacial score (nSPS) is 23.8. The van der Waals surface area contributed by atoms with E-state index >= 15 is 0 Å².